The fourth-order valence-corrected chi connectivity index (χ4v) is 8.89. The lowest BCUT2D eigenvalue weighted by Gasteiger charge is -2.69. The van der Waals surface area contributed by atoms with Gasteiger partial charge in [-0.2, -0.15) is 0 Å². The predicted octanol–water partition coefficient (Wildman–Crippen LogP) is 6.64. The number of phenolic OH excluding ortho intramolecular Hbond substituents is 2. The van der Waals surface area contributed by atoms with Gasteiger partial charge in [0.1, 0.15) is 0 Å². The molecule has 4 aliphatic carbocycles. The summed E-state index contributed by atoms with van der Waals surface area (Å²) in [4.78, 5) is 12.3. The first kappa shape index (κ1) is 22.8. The second-order valence-electron chi connectivity index (χ2n) is 13.1. The Morgan fingerprint density at radius 1 is 0.970 bits per heavy atom. The van der Waals surface area contributed by atoms with Crippen LogP contribution in [0.25, 0.3) is 0 Å². The Labute approximate surface area is 198 Å². The minimum atomic E-state index is -0.641. The highest BCUT2D eigenvalue weighted by atomic mass is 16.4. The van der Waals surface area contributed by atoms with Crippen LogP contribution in [0.5, 0.6) is 11.5 Å². The van der Waals surface area contributed by atoms with Crippen molar-refractivity contribution in [3.8, 4) is 11.5 Å². The molecule has 180 valence electrons. The third-order valence-electron chi connectivity index (χ3n) is 11.6. The molecule has 0 spiro atoms. The monoisotopic (exact) mass is 452 g/mol. The topological polar surface area (TPSA) is 77.8 Å². The summed E-state index contributed by atoms with van der Waals surface area (Å²) in [5.74, 6) is -0.282. The van der Waals surface area contributed by atoms with Gasteiger partial charge in [-0.05, 0) is 110 Å². The molecule has 0 aromatic heterocycles. The van der Waals surface area contributed by atoms with Crippen molar-refractivity contribution in [3.05, 3.63) is 34.4 Å². The maximum Gasteiger partial charge on any atom is 0.309 e. The Morgan fingerprint density at radius 3 is 2.30 bits per heavy atom. The first-order valence-corrected chi connectivity index (χ1v) is 12.7. The van der Waals surface area contributed by atoms with E-state index in [0.717, 1.165) is 62.5 Å². The highest BCUT2D eigenvalue weighted by molar-refractivity contribution is 5.74. The standard InChI is InChI=1S/C29H40O4/c1-17-18-7-8-21-27(4,19(18)15-20(30)23(17)31)12-14-29(6)22-16-26(3,24(32)33)10-9-25(22,2)11-13-28(21,29)5/h8,15,22,30-31H,7,9-14,16H2,1-6H3,(H,32,33)/t22-,25+,26+,27-,28+,29-/m0/s1. The lowest BCUT2D eigenvalue weighted by molar-refractivity contribution is -0.177. The van der Waals surface area contributed by atoms with Gasteiger partial charge in [-0.3, -0.25) is 4.79 Å². The van der Waals surface area contributed by atoms with Crippen molar-refractivity contribution in [2.45, 2.75) is 98.3 Å². The van der Waals surface area contributed by atoms with Gasteiger partial charge in [-0.25, -0.2) is 0 Å². The number of aromatic hydroxyl groups is 2. The third-order valence-corrected chi connectivity index (χ3v) is 11.6. The molecule has 4 heteroatoms. The fraction of sp³-hybridized carbons (Fsp3) is 0.690. The Bertz CT molecular complexity index is 1090. The summed E-state index contributed by atoms with van der Waals surface area (Å²) in [6.07, 6.45) is 10.0. The van der Waals surface area contributed by atoms with E-state index in [1.54, 1.807) is 0 Å². The van der Waals surface area contributed by atoms with E-state index in [4.69, 9.17) is 0 Å². The van der Waals surface area contributed by atoms with Crippen LogP contribution in [0.2, 0.25) is 0 Å². The summed E-state index contributed by atoms with van der Waals surface area (Å²) >= 11 is 0. The number of carboxylic acid groups (broad SMARTS) is 1. The van der Waals surface area contributed by atoms with E-state index >= 15 is 0 Å². The van der Waals surface area contributed by atoms with Gasteiger partial charge in [0, 0.05) is 5.41 Å². The van der Waals surface area contributed by atoms with E-state index in [2.05, 4.69) is 33.8 Å². The third kappa shape index (κ3) is 2.67. The number of benzene rings is 1. The molecule has 3 saturated carbocycles. The van der Waals surface area contributed by atoms with E-state index in [-0.39, 0.29) is 33.2 Å². The normalized spacial score (nSPS) is 44.1. The average Bonchev–Trinajstić information content (AvgIpc) is 2.75. The van der Waals surface area contributed by atoms with Crippen LogP contribution in [0.1, 0.15) is 96.3 Å². The largest absolute Gasteiger partial charge is 0.504 e. The van der Waals surface area contributed by atoms with E-state index in [9.17, 15) is 20.1 Å². The van der Waals surface area contributed by atoms with Crippen LogP contribution in [-0.4, -0.2) is 21.3 Å². The Kier molecular flexibility index (Phi) is 4.55. The van der Waals surface area contributed by atoms with Crippen LogP contribution in [-0.2, 0) is 16.6 Å². The van der Waals surface area contributed by atoms with E-state index in [1.165, 1.54) is 11.1 Å². The maximum atomic E-state index is 12.3. The van der Waals surface area contributed by atoms with Gasteiger partial charge in [0.05, 0.1) is 5.41 Å². The second kappa shape index (κ2) is 6.58. The number of rotatable bonds is 1. The molecule has 0 bridgehead atoms. The van der Waals surface area contributed by atoms with Gasteiger partial charge < -0.3 is 15.3 Å². The summed E-state index contributed by atoms with van der Waals surface area (Å²) < 4.78 is 0. The quantitative estimate of drug-likeness (QED) is 0.329. The van der Waals surface area contributed by atoms with Crippen LogP contribution >= 0.6 is 0 Å². The average molecular weight is 453 g/mol. The zero-order valence-electron chi connectivity index (χ0n) is 21.1. The Hall–Kier alpha value is -1.97. The first-order chi connectivity index (χ1) is 15.2. The number of hydrogen-bond acceptors (Lipinski definition) is 3. The zero-order chi connectivity index (χ0) is 24.2. The minimum Gasteiger partial charge on any atom is -0.504 e. The van der Waals surface area contributed by atoms with Crippen LogP contribution in [0.3, 0.4) is 0 Å². The lowest BCUT2D eigenvalue weighted by atomic mass is 9.34. The van der Waals surface area contributed by atoms with Crippen LogP contribution in [0.4, 0.5) is 0 Å². The summed E-state index contributed by atoms with van der Waals surface area (Å²) in [7, 11) is 0. The Balaban J connectivity index is 1.63. The second-order valence-corrected chi connectivity index (χ2v) is 13.1. The van der Waals surface area contributed by atoms with Crippen LogP contribution in [0, 0.1) is 34.5 Å². The molecule has 0 unspecified atom stereocenters. The zero-order valence-corrected chi connectivity index (χ0v) is 21.1. The molecule has 0 heterocycles. The highest BCUT2D eigenvalue weighted by Gasteiger charge is 2.67. The summed E-state index contributed by atoms with van der Waals surface area (Å²) in [6, 6.07) is 1.81. The van der Waals surface area contributed by atoms with Gasteiger partial charge in [0.15, 0.2) is 11.5 Å². The molecule has 4 aliphatic rings. The van der Waals surface area contributed by atoms with Crippen molar-refractivity contribution < 1.29 is 20.1 Å². The van der Waals surface area contributed by atoms with Crippen molar-refractivity contribution in [1.29, 1.82) is 0 Å². The molecule has 1 aromatic rings. The number of carboxylic acids is 1. The van der Waals surface area contributed by atoms with E-state index in [1.807, 2.05) is 19.9 Å². The molecule has 5 rings (SSSR count). The van der Waals surface area contributed by atoms with Gasteiger partial charge in [-0.1, -0.05) is 39.3 Å². The summed E-state index contributed by atoms with van der Waals surface area (Å²) in [6.45, 7) is 13.5. The molecular formula is C29H40O4. The van der Waals surface area contributed by atoms with Gasteiger partial charge in [-0.15, -0.1) is 0 Å². The summed E-state index contributed by atoms with van der Waals surface area (Å²) in [5.41, 5.74) is 4.00. The fourth-order valence-electron chi connectivity index (χ4n) is 8.89. The summed E-state index contributed by atoms with van der Waals surface area (Å²) in [5, 5.41) is 30.9. The molecule has 3 N–H and O–H groups in total. The Morgan fingerprint density at radius 2 is 1.64 bits per heavy atom. The van der Waals surface area contributed by atoms with E-state index < -0.39 is 11.4 Å². The van der Waals surface area contributed by atoms with Crippen LogP contribution < -0.4 is 0 Å². The lowest BCUT2D eigenvalue weighted by Crippen LogP contribution is -2.62. The number of allylic oxidation sites excluding steroid dienone is 2. The smallest absolute Gasteiger partial charge is 0.309 e. The SMILES string of the molecule is Cc1c(O)c(O)cc2c1CC=C1[C@@]2(C)CC[C@@]2(C)[C@H]3C[C@](C)(C(=O)O)CC[C@]3(C)CC[C@]12C. The van der Waals surface area contributed by atoms with Crippen molar-refractivity contribution >= 4 is 5.97 Å². The minimum absolute atomic E-state index is 0.00431. The van der Waals surface area contributed by atoms with Gasteiger partial charge in [0.2, 0.25) is 0 Å². The molecule has 4 nitrogen and oxygen atoms in total. The molecule has 0 amide bonds. The molecule has 33 heavy (non-hydrogen) atoms. The highest BCUT2D eigenvalue weighted by Crippen LogP contribution is 2.74. The molecular weight excluding hydrogens is 412 g/mol. The van der Waals surface area contributed by atoms with Crippen molar-refractivity contribution in [2.75, 3.05) is 0 Å². The van der Waals surface area contributed by atoms with E-state index in [0.29, 0.717) is 5.92 Å². The maximum absolute atomic E-state index is 12.3. The number of hydrogen-bond donors (Lipinski definition) is 3. The van der Waals surface area contributed by atoms with Crippen molar-refractivity contribution in [1.82, 2.24) is 0 Å². The number of aliphatic carboxylic acids is 1. The molecule has 1 aromatic carbocycles. The first-order valence-electron chi connectivity index (χ1n) is 12.7. The molecule has 6 atom stereocenters. The number of fused-ring (bicyclic) bond motifs is 7. The molecule has 0 aliphatic heterocycles. The van der Waals surface area contributed by atoms with Crippen molar-refractivity contribution in [3.63, 3.8) is 0 Å². The molecule has 0 saturated heterocycles. The van der Waals surface area contributed by atoms with Crippen molar-refractivity contribution in [2.24, 2.45) is 27.6 Å². The molecule has 0 radical (unpaired) electrons. The predicted molar refractivity (Wildman–Crippen MR) is 130 cm³/mol. The van der Waals surface area contributed by atoms with Crippen LogP contribution in [0.15, 0.2) is 17.7 Å². The van der Waals surface area contributed by atoms with Gasteiger partial charge in [0.25, 0.3) is 0 Å². The van der Waals surface area contributed by atoms with Gasteiger partial charge >= 0.3 is 5.97 Å². The number of phenols is 2. The molecule has 3 fully saturated rings. The number of carbonyl (C=O) groups is 1.